The van der Waals surface area contributed by atoms with Gasteiger partial charge in [-0.25, -0.2) is 9.90 Å². The van der Waals surface area contributed by atoms with Crippen LogP contribution in [0.25, 0.3) is 0 Å². The molecule has 0 aromatic rings. The van der Waals surface area contributed by atoms with Gasteiger partial charge in [0.05, 0.1) is 6.42 Å². The monoisotopic (exact) mass is 143 g/mol. The molecule has 0 rings (SSSR count). The number of rotatable bonds is 4. The zero-order valence-corrected chi connectivity index (χ0v) is 6.89. The van der Waals surface area contributed by atoms with Gasteiger partial charge in [0, 0.05) is 0 Å². The van der Waals surface area contributed by atoms with Gasteiger partial charge in [0.15, 0.2) is 0 Å². The molecule has 0 aromatic heterocycles. The molecule has 0 aromatic carbocycles. The molecule has 0 aliphatic rings. The van der Waals surface area contributed by atoms with E-state index in [4.69, 9.17) is 0 Å². The van der Waals surface area contributed by atoms with E-state index in [-0.39, 0.29) is 6.42 Å². The molecule has 1 radical (unpaired) electrons. The summed E-state index contributed by atoms with van der Waals surface area (Å²) in [6.45, 7) is 6.26. The van der Waals surface area contributed by atoms with E-state index in [1.807, 2.05) is 0 Å². The average molecular weight is 143 g/mol. The minimum Gasteiger partial charge on any atom is -0.247 e. The van der Waals surface area contributed by atoms with E-state index < -0.39 is 5.97 Å². The van der Waals surface area contributed by atoms with Crippen molar-refractivity contribution in [1.82, 2.24) is 0 Å². The van der Waals surface area contributed by atoms with Crippen molar-refractivity contribution in [3.8, 4) is 0 Å². The molecule has 0 amide bonds. The molecule has 0 heterocycles. The summed E-state index contributed by atoms with van der Waals surface area (Å²) in [4.78, 5) is 10.0. The molecule has 1 atom stereocenters. The van der Waals surface area contributed by atoms with Crippen molar-refractivity contribution in [2.45, 2.75) is 33.6 Å². The lowest BCUT2D eigenvalue weighted by molar-refractivity contribution is -0.143. The summed E-state index contributed by atoms with van der Waals surface area (Å²) in [5, 5.41) is 10.0. The van der Waals surface area contributed by atoms with Crippen LogP contribution in [0.2, 0.25) is 0 Å². The second-order valence-electron chi connectivity index (χ2n) is 3.13. The third kappa shape index (κ3) is 4.36. The van der Waals surface area contributed by atoms with Crippen LogP contribution < -0.4 is 0 Å². The van der Waals surface area contributed by atoms with Crippen LogP contribution in [0.4, 0.5) is 0 Å². The van der Waals surface area contributed by atoms with E-state index in [9.17, 15) is 9.90 Å². The first kappa shape index (κ1) is 9.47. The van der Waals surface area contributed by atoms with Crippen LogP contribution in [-0.4, -0.2) is 5.97 Å². The van der Waals surface area contributed by atoms with E-state index in [2.05, 4.69) is 20.8 Å². The van der Waals surface area contributed by atoms with Gasteiger partial charge >= 0.3 is 5.97 Å². The molecule has 0 saturated heterocycles. The molecule has 0 N–H and O–H groups in total. The van der Waals surface area contributed by atoms with Crippen LogP contribution in [0.15, 0.2) is 0 Å². The maximum atomic E-state index is 10.0. The summed E-state index contributed by atoms with van der Waals surface area (Å²) >= 11 is 0. The molecule has 0 saturated carbocycles. The SMILES string of the molecule is CC(C)C(C)CCC([O])=O. The second-order valence-corrected chi connectivity index (χ2v) is 3.13. The number of hydrogen-bond acceptors (Lipinski definition) is 1. The Morgan fingerprint density at radius 1 is 1.30 bits per heavy atom. The van der Waals surface area contributed by atoms with Gasteiger partial charge < -0.3 is 0 Å². The standard InChI is InChI=1S/C8H15O2/c1-6(2)7(3)4-5-8(9)10/h6-7H,4-5H2,1-3H3. The third-order valence-electron chi connectivity index (χ3n) is 1.94. The molecule has 0 aliphatic heterocycles. The topological polar surface area (TPSA) is 37.0 Å². The summed E-state index contributed by atoms with van der Waals surface area (Å²) in [5.41, 5.74) is 0. The van der Waals surface area contributed by atoms with Gasteiger partial charge in [0.2, 0.25) is 0 Å². The maximum Gasteiger partial charge on any atom is 0.355 e. The van der Waals surface area contributed by atoms with E-state index >= 15 is 0 Å². The highest BCUT2D eigenvalue weighted by Gasteiger charge is 2.09. The predicted molar refractivity (Wildman–Crippen MR) is 38.9 cm³/mol. The third-order valence-corrected chi connectivity index (χ3v) is 1.94. The van der Waals surface area contributed by atoms with Crippen molar-refractivity contribution in [3.05, 3.63) is 0 Å². The molecule has 10 heavy (non-hydrogen) atoms. The van der Waals surface area contributed by atoms with E-state index in [1.165, 1.54) is 0 Å². The van der Waals surface area contributed by atoms with E-state index in [0.29, 0.717) is 11.8 Å². The lowest BCUT2D eigenvalue weighted by Crippen LogP contribution is -2.06. The fourth-order valence-corrected chi connectivity index (χ4v) is 0.679. The Kier molecular flexibility index (Phi) is 4.08. The van der Waals surface area contributed by atoms with Crippen molar-refractivity contribution in [1.29, 1.82) is 0 Å². The van der Waals surface area contributed by atoms with Gasteiger partial charge in [-0.2, -0.15) is 0 Å². The first-order valence-electron chi connectivity index (χ1n) is 3.74. The van der Waals surface area contributed by atoms with Gasteiger partial charge in [-0.15, -0.1) is 0 Å². The molecule has 0 fully saturated rings. The van der Waals surface area contributed by atoms with Gasteiger partial charge in [-0.05, 0) is 18.3 Å². The Morgan fingerprint density at radius 3 is 2.10 bits per heavy atom. The highest BCUT2D eigenvalue weighted by Crippen LogP contribution is 2.15. The first-order chi connectivity index (χ1) is 4.54. The van der Waals surface area contributed by atoms with Crippen LogP contribution in [-0.2, 0) is 9.90 Å². The van der Waals surface area contributed by atoms with Crippen molar-refractivity contribution in [2.75, 3.05) is 0 Å². The summed E-state index contributed by atoms with van der Waals surface area (Å²) < 4.78 is 0. The van der Waals surface area contributed by atoms with Crippen molar-refractivity contribution >= 4 is 5.97 Å². The van der Waals surface area contributed by atoms with E-state index in [1.54, 1.807) is 0 Å². The first-order valence-corrected chi connectivity index (χ1v) is 3.74. The normalized spacial score (nSPS) is 13.6. The van der Waals surface area contributed by atoms with Crippen molar-refractivity contribution in [3.63, 3.8) is 0 Å². The maximum absolute atomic E-state index is 10.0. The highest BCUT2D eigenvalue weighted by atomic mass is 16.4. The fourth-order valence-electron chi connectivity index (χ4n) is 0.679. The number of hydrogen-bond donors (Lipinski definition) is 0. The lowest BCUT2D eigenvalue weighted by Gasteiger charge is -2.12. The largest absolute Gasteiger partial charge is 0.355 e. The predicted octanol–water partition coefficient (Wildman–Crippen LogP) is 2.02. The fraction of sp³-hybridized carbons (Fsp3) is 0.875. The van der Waals surface area contributed by atoms with E-state index in [0.717, 1.165) is 6.42 Å². The molecule has 1 unspecified atom stereocenters. The summed E-state index contributed by atoms with van der Waals surface area (Å²) in [7, 11) is 0. The molecule has 0 bridgehead atoms. The van der Waals surface area contributed by atoms with Gasteiger partial charge in [-0.3, -0.25) is 0 Å². The van der Waals surface area contributed by atoms with Gasteiger partial charge in [0.1, 0.15) is 0 Å². The van der Waals surface area contributed by atoms with Crippen LogP contribution >= 0.6 is 0 Å². The summed E-state index contributed by atoms with van der Waals surface area (Å²) in [6.07, 6.45) is 0.930. The zero-order chi connectivity index (χ0) is 8.15. The Labute approximate surface area is 62.2 Å². The molecule has 59 valence electrons. The number of carbonyl (C=O) groups is 1. The highest BCUT2D eigenvalue weighted by molar-refractivity contribution is 5.66. The molecule has 2 nitrogen and oxygen atoms in total. The lowest BCUT2D eigenvalue weighted by atomic mass is 9.93. The Bertz CT molecular complexity index is 108. The van der Waals surface area contributed by atoms with Gasteiger partial charge in [-0.1, -0.05) is 20.8 Å². The Morgan fingerprint density at radius 2 is 1.80 bits per heavy atom. The van der Waals surface area contributed by atoms with Crippen LogP contribution in [0.3, 0.4) is 0 Å². The van der Waals surface area contributed by atoms with Gasteiger partial charge in [0.25, 0.3) is 0 Å². The molecule has 2 heteroatoms. The molecular weight excluding hydrogens is 128 g/mol. The van der Waals surface area contributed by atoms with Crippen molar-refractivity contribution < 1.29 is 9.90 Å². The van der Waals surface area contributed by atoms with Crippen molar-refractivity contribution in [2.24, 2.45) is 11.8 Å². The quantitative estimate of drug-likeness (QED) is 0.593. The molecule has 0 aliphatic carbocycles. The number of carbonyl (C=O) groups excluding carboxylic acids is 1. The summed E-state index contributed by atoms with van der Waals surface area (Å²) in [6, 6.07) is 0. The minimum absolute atomic E-state index is 0.194. The summed E-state index contributed by atoms with van der Waals surface area (Å²) in [5.74, 6) is 0.116. The molecular formula is C8H15O2. The minimum atomic E-state index is -0.937. The Hall–Kier alpha value is -0.530. The van der Waals surface area contributed by atoms with Crippen LogP contribution in [0.5, 0.6) is 0 Å². The Balaban J connectivity index is 3.39. The molecule has 0 spiro atoms. The van der Waals surface area contributed by atoms with Crippen LogP contribution in [0.1, 0.15) is 33.6 Å². The zero-order valence-electron chi connectivity index (χ0n) is 6.89. The second kappa shape index (κ2) is 4.31. The smallest absolute Gasteiger partial charge is 0.247 e. The van der Waals surface area contributed by atoms with Crippen LogP contribution in [0, 0.1) is 11.8 Å². The average Bonchev–Trinajstić information content (AvgIpc) is 1.82.